The average molecular weight is 235 g/mol. The van der Waals surface area contributed by atoms with Crippen molar-refractivity contribution in [3.8, 4) is 5.75 Å². The fourth-order valence-electron chi connectivity index (χ4n) is 1.20. The molecule has 0 saturated heterocycles. The Labute approximate surface area is 96.2 Å². The highest BCUT2D eigenvalue weighted by Gasteiger charge is 2.11. The van der Waals surface area contributed by atoms with E-state index in [1.165, 1.54) is 0 Å². The molecule has 0 aliphatic heterocycles. The predicted octanol–water partition coefficient (Wildman–Crippen LogP) is 1.80. The minimum Gasteiger partial charge on any atom is -0.495 e. The highest BCUT2D eigenvalue weighted by molar-refractivity contribution is 7.03. The number of ether oxygens (including phenoxy) is 1. The van der Waals surface area contributed by atoms with Crippen molar-refractivity contribution in [2.45, 2.75) is 0 Å². The molecule has 82 valence electrons. The second kappa shape index (κ2) is 4.71. The summed E-state index contributed by atoms with van der Waals surface area (Å²) in [6, 6.07) is 7.18. The largest absolute Gasteiger partial charge is 0.495 e. The highest BCUT2D eigenvalue weighted by Crippen LogP contribution is 2.23. The third-order valence-corrected chi connectivity index (χ3v) is 2.45. The Morgan fingerprint density at radius 1 is 1.44 bits per heavy atom. The van der Waals surface area contributed by atoms with E-state index in [-0.39, 0.29) is 5.91 Å². The summed E-state index contributed by atoms with van der Waals surface area (Å²) in [6.45, 7) is 0. The summed E-state index contributed by atoms with van der Waals surface area (Å²) in [6.07, 6.45) is 0. The minimum atomic E-state index is -0.293. The van der Waals surface area contributed by atoms with E-state index in [2.05, 4.69) is 14.9 Å². The molecule has 0 spiro atoms. The maximum Gasteiger partial charge on any atom is 0.277 e. The van der Waals surface area contributed by atoms with E-state index >= 15 is 0 Å². The number of hydrogen-bond acceptors (Lipinski definition) is 5. The molecular weight excluding hydrogens is 226 g/mol. The van der Waals surface area contributed by atoms with Crippen LogP contribution in [0, 0.1) is 0 Å². The Morgan fingerprint density at radius 3 is 2.94 bits per heavy atom. The molecule has 1 N–H and O–H groups in total. The van der Waals surface area contributed by atoms with Crippen molar-refractivity contribution in [1.82, 2.24) is 9.59 Å². The Hall–Kier alpha value is -1.95. The van der Waals surface area contributed by atoms with Crippen molar-refractivity contribution in [3.05, 3.63) is 35.3 Å². The van der Waals surface area contributed by atoms with Gasteiger partial charge in [-0.1, -0.05) is 16.6 Å². The summed E-state index contributed by atoms with van der Waals surface area (Å²) in [7, 11) is 1.55. The first-order chi connectivity index (χ1) is 7.81. The third kappa shape index (κ3) is 2.17. The lowest BCUT2D eigenvalue weighted by Gasteiger charge is -2.08. The lowest BCUT2D eigenvalue weighted by Crippen LogP contribution is -2.13. The number of benzene rings is 1. The summed E-state index contributed by atoms with van der Waals surface area (Å²) in [5, 5.41) is 7.98. The number of hydrogen-bond donors (Lipinski definition) is 1. The lowest BCUT2D eigenvalue weighted by molar-refractivity contribution is 0.102. The second-order valence-corrected chi connectivity index (χ2v) is 3.55. The van der Waals surface area contributed by atoms with E-state index in [9.17, 15) is 4.79 Å². The molecule has 1 aromatic carbocycles. The molecule has 0 aliphatic carbocycles. The smallest absolute Gasteiger partial charge is 0.277 e. The van der Waals surface area contributed by atoms with Crippen molar-refractivity contribution in [3.63, 3.8) is 0 Å². The number of nitrogens with one attached hydrogen (secondary N) is 1. The van der Waals surface area contributed by atoms with Crippen LogP contribution in [0.5, 0.6) is 5.75 Å². The van der Waals surface area contributed by atoms with Gasteiger partial charge in [-0.05, 0) is 23.7 Å². The number of carbonyl (C=O) groups excluding carboxylic acids is 1. The minimum absolute atomic E-state index is 0.293. The molecule has 1 heterocycles. The number of rotatable bonds is 3. The van der Waals surface area contributed by atoms with Crippen molar-refractivity contribution in [1.29, 1.82) is 0 Å². The molecule has 1 amide bonds. The number of amides is 1. The number of carbonyl (C=O) groups is 1. The van der Waals surface area contributed by atoms with Crippen LogP contribution in [-0.4, -0.2) is 22.6 Å². The number of methoxy groups -OCH3 is 1. The van der Waals surface area contributed by atoms with Crippen LogP contribution in [0.4, 0.5) is 5.69 Å². The van der Waals surface area contributed by atoms with Crippen LogP contribution in [0.15, 0.2) is 29.6 Å². The van der Waals surface area contributed by atoms with Gasteiger partial charge in [-0.2, -0.15) is 0 Å². The van der Waals surface area contributed by atoms with Gasteiger partial charge in [0.25, 0.3) is 5.91 Å². The van der Waals surface area contributed by atoms with Crippen LogP contribution in [0.2, 0.25) is 0 Å². The molecule has 0 bridgehead atoms. The lowest BCUT2D eigenvalue weighted by atomic mass is 10.3. The maximum atomic E-state index is 11.7. The van der Waals surface area contributed by atoms with Crippen LogP contribution >= 0.6 is 11.5 Å². The molecule has 2 aromatic rings. The first-order valence-electron chi connectivity index (χ1n) is 4.52. The zero-order valence-electron chi connectivity index (χ0n) is 8.51. The maximum absolute atomic E-state index is 11.7. The van der Waals surface area contributed by atoms with Crippen molar-refractivity contribution in [2.75, 3.05) is 12.4 Å². The van der Waals surface area contributed by atoms with Crippen LogP contribution in [0.3, 0.4) is 0 Å². The Kier molecular flexibility index (Phi) is 3.11. The van der Waals surface area contributed by atoms with Gasteiger partial charge in [0.05, 0.1) is 12.8 Å². The van der Waals surface area contributed by atoms with Crippen LogP contribution < -0.4 is 10.1 Å². The summed E-state index contributed by atoms with van der Waals surface area (Å²) in [5.74, 6) is 0.317. The molecule has 0 unspecified atom stereocenters. The zero-order chi connectivity index (χ0) is 11.4. The zero-order valence-corrected chi connectivity index (χ0v) is 9.32. The fourth-order valence-corrected chi connectivity index (χ4v) is 1.63. The molecule has 0 saturated carbocycles. The van der Waals surface area contributed by atoms with E-state index < -0.39 is 0 Å². The van der Waals surface area contributed by atoms with Crippen molar-refractivity contribution >= 4 is 23.1 Å². The average Bonchev–Trinajstić information content (AvgIpc) is 2.83. The molecule has 16 heavy (non-hydrogen) atoms. The van der Waals surface area contributed by atoms with E-state index in [1.54, 1.807) is 24.6 Å². The molecule has 0 atom stereocenters. The first kappa shape index (κ1) is 10.6. The van der Waals surface area contributed by atoms with E-state index in [1.807, 2.05) is 12.1 Å². The summed E-state index contributed by atoms with van der Waals surface area (Å²) >= 11 is 1.14. The predicted molar refractivity (Wildman–Crippen MR) is 60.9 cm³/mol. The molecule has 0 radical (unpaired) electrons. The topological polar surface area (TPSA) is 64.1 Å². The van der Waals surface area contributed by atoms with Crippen LogP contribution in [-0.2, 0) is 0 Å². The molecule has 2 rings (SSSR count). The molecule has 0 fully saturated rings. The van der Waals surface area contributed by atoms with Gasteiger partial charge in [0.15, 0.2) is 5.69 Å². The molecule has 6 heteroatoms. The molecule has 5 nitrogen and oxygen atoms in total. The van der Waals surface area contributed by atoms with E-state index in [4.69, 9.17) is 4.74 Å². The normalized spacial score (nSPS) is 9.81. The SMILES string of the molecule is COc1ccccc1NC(=O)c1csnn1. The standard InChI is InChI=1S/C10H9N3O2S/c1-15-9-5-3-2-4-7(9)11-10(14)8-6-16-13-12-8/h2-6H,1H3,(H,11,14). The number of nitrogens with zero attached hydrogens (tertiary/aromatic N) is 2. The van der Waals surface area contributed by atoms with Gasteiger partial charge in [0.1, 0.15) is 5.75 Å². The molecule has 1 aromatic heterocycles. The fraction of sp³-hybridized carbons (Fsp3) is 0.100. The van der Waals surface area contributed by atoms with Gasteiger partial charge in [-0.25, -0.2) is 0 Å². The second-order valence-electron chi connectivity index (χ2n) is 2.94. The van der Waals surface area contributed by atoms with Crippen LogP contribution in [0.25, 0.3) is 0 Å². The van der Waals surface area contributed by atoms with E-state index in [0.717, 1.165) is 11.5 Å². The van der Waals surface area contributed by atoms with Gasteiger partial charge in [0.2, 0.25) is 0 Å². The third-order valence-electron chi connectivity index (χ3n) is 1.95. The quantitative estimate of drug-likeness (QED) is 0.881. The van der Waals surface area contributed by atoms with Crippen molar-refractivity contribution < 1.29 is 9.53 Å². The summed E-state index contributed by atoms with van der Waals surface area (Å²) in [5.41, 5.74) is 0.916. The van der Waals surface area contributed by atoms with Gasteiger partial charge in [-0.3, -0.25) is 4.79 Å². The number of aromatic nitrogens is 2. The summed E-state index contributed by atoms with van der Waals surface area (Å²) < 4.78 is 8.74. The first-order valence-corrected chi connectivity index (χ1v) is 5.36. The van der Waals surface area contributed by atoms with Gasteiger partial charge >= 0.3 is 0 Å². The molecular formula is C10H9N3O2S. The molecule has 0 aliphatic rings. The van der Waals surface area contributed by atoms with Gasteiger partial charge in [-0.15, -0.1) is 5.10 Å². The monoisotopic (exact) mass is 235 g/mol. The Balaban J connectivity index is 2.18. The van der Waals surface area contributed by atoms with Crippen LogP contribution in [0.1, 0.15) is 10.5 Å². The Bertz CT molecular complexity index is 485. The number of para-hydroxylation sites is 2. The number of anilines is 1. The van der Waals surface area contributed by atoms with Gasteiger partial charge < -0.3 is 10.1 Å². The van der Waals surface area contributed by atoms with Crippen molar-refractivity contribution in [2.24, 2.45) is 0 Å². The Morgan fingerprint density at radius 2 is 2.25 bits per heavy atom. The highest BCUT2D eigenvalue weighted by atomic mass is 32.1. The van der Waals surface area contributed by atoms with E-state index in [0.29, 0.717) is 17.1 Å². The summed E-state index contributed by atoms with van der Waals surface area (Å²) in [4.78, 5) is 11.7. The van der Waals surface area contributed by atoms with Gasteiger partial charge in [0, 0.05) is 5.38 Å².